The van der Waals surface area contributed by atoms with Gasteiger partial charge in [0.25, 0.3) is 0 Å². The Morgan fingerprint density at radius 3 is 1.30 bits per heavy atom. The van der Waals surface area contributed by atoms with Gasteiger partial charge in [-0.1, -0.05) is 238 Å². The molecule has 7 atom stereocenters. The second-order valence-electron chi connectivity index (χ2n) is 18.3. The largest absolute Gasteiger partial charge is 0.394 e. The molecule has 2 unspecified atom stereocenters. The normalized spacial score (nSPS) is 20.6. The van der Waals surface area contributed by atoms with Crippen LogP contribution in [0.2, 0.25) is 0 Å². The number of aliphatic hydroxyl groups excluding tert-OH is 5. The Labute approximate surface area is 369 Å². The number of carbonyl (C=O) groups excluding carboxylic acids is 1. The van der Waals surface area contributed by atoms with E-state index >= 15 is 0 Å². The molecule has 1 aliphatic heterocycles. The number of aliphatic hydroxyl groups is 5. The van der Waals surface area contributed by atoms with Crippen LogP contribution in [0.1, 0.15) is 251 Å². The van der Waals surface area contributed by atoms with Gasteiger partial charge in [-0.3, -0.25) is 4.79 Å². The Bertz CT molecular complexity index is 950. The van der Waals surface area contributed by atoms with Gasteiger partial charge in [0, 0.05) is 6.42 Å². The summed E-state index contributed by atoms with van der Waals surface area (Å²) in [5.74, 6) is -0.173. The van der Waals surface area contributed by atoms with E-state index in [1.165, 1.54) is 193 Å². The highest BCUT2D eigenvalue weighted by molar-refractivity contribution is 5.76. The maximum absolute atomic E-state index is 13.0. The summed E-state index contributed by atoms with van der Waals surface area (Å²) >= 11 is 0. The fourth-order valence-electron chi connectivity index (χ4n) is 8.45. The third-order valence-corrected chi connectivity index (χ3v) is 12.6. The first-order valence-electron chi connectivity index (χ1n) is 25.9. The van der Waals surface area contributed by atoms with Crippen LogP contribution in [0.5, 0.6) is 0 Å². The molecule has 6 N–H and O–H groups in total. The number of rotatable bonds is 44. The Morgan fingerprint density at radius 1 is 0.550 bits per heavy atom. The van der Waals surface area contributed by atoms with Crippen LogP contribution in [0, 0.1) is 0 Å². The second kappa shape index (κ2) is 41.9. The van der Waals surface area contributed by atoms with Crippen molar-refractivity contribution in [3.63, 3.8) is 0 Å². The number of hydrogen-bond acceptors (Lipinski definition) is 8. The van der Waals surface area contributed by atoms with Crippen LogP contribution < -0.4 is 5.32 Å². The number of unbranched alkanes of at least 4 members (excludes halogenated alkanes) is 34. The van der Waals surface area contributed by atoms with Gasteiger partial charge < -0.3 is 40.3 Å². The summed E-state index contributed by atoms with van der Waals surface area (Å²) in [5, 5.41) is 54.2. The average molecular weight is 854 g/mol. The topological polar surface area (TPSA) is 149 Å². The van der Waals surface area contributed by atoms with Crippen molar-refractivity contribution in [1.82, 2.24) is 5.32 Å². The minimum atomic E-state index is -1.56. The van der Waals surface area contributed by atoms with Crippen LogP contribution in [0.3, 0.4) is 0 Å². The Balaban J connectivity index is 2.17. The van der Waals surface area contributed by atoms with E-state index in [4.69, 9.17) is 9.47 Å². The van der Waals surface area contributed by atoms with E-state index in [-0.39, 0.29) is 12.5 Å². The zero-order valence-corrected chi connectivity index (χ0v) is 39.2. The number of amides is 1. The summed E-state index contributed by atoms with van der Waals surface area (Å²) in [4.78, 5) is 13.0. The van der Waals surface area contributed by atoms with Crippen molar-refractivity contribution in [3.8, 4) is 0 Å². The molecule has 9 nitrogen and oxygen atoms in total. The van der Waals surface area contributed by atoms with E-state index in [1.807, 2.05) is 6.08 Å². The van der Waals surface area contributed by atoms with E-state index in [2.05, 4.69) is 19.2 Å². The van der Waals surface area contributed by atoms with Gasteiger partial charge in [0.2, 0.25) is 5.91 Å². The van der Waals surface area contributed by atoms with Crippen molar-refractivity contribution in [2.45, 2.75) is 294 Å². The van der Waals surface area contributed by atoms with Crippen molar-refractivity contribution in [2.24, 2.45) is 0 Å². The van der Waals surface area contributed by atoms with Crippen LogP contribution in [0.25, 0.3) is 0 Å². The van der Waals surface area contributed by atoms with Gasteiger partial charge in [0.15, 0.2) is 6.29 Å². The maximum atomic E-state index is 13.0. The molecular formula is C51H99NO8. The standard InChI is InChI=1S/C51H99NO8/c1-3-5-7-9-11-13-15-16-17-18-19-20-21-22-23-24-25-26-27-28-29-31-33-35-37-39-41-47(55)52-44(43-59-51-50(58)49(57)48(56)46(42-53)60-51)45(54)40-38-36-34-32-30-14-12-10-8-6-4-2/h38,40,44-46,48-51,53-54,56-58H,3-37,39,41-43H2,1-2H3,(H,52,55)/b40-38+/t44-,45+,46+,48-,49?,50?,51+/m0/s1. The molecule has 0 aromatic carbocycles. The summed E-state index contributed by atoms with van der Waals surface area (Å²) in [6.45, 7) is 3.78. The zero-order valence-electron chi connectivity index (χ0n) is 39.2. The van der Waals surface area contributed by atoms with Gasteiger partial charge >= 0.3 is 0 Å². The van der Waals surface area contributed by atoms with E-state index in [0.29, 0.717) is 6.42 Å². The number of nitrogens with one attached hydrogen (secondary N) is 1. The summed E-state index contributed by atoms with van der Waals surface area (Å²) in [6, 6.07) is -0.798. The van der Waals surface area contributed by atoms with Gasteiger partial charge in [-0.15, -0.1) is 0 Å². The summed E-state index contributed by atoms with van der Waals surface area (Å²) in [7, 11) is 0. The fourth-order valence-corrected chi connectivity index (χ4v) is 8.45. The van der Waals surface area contributed by atoms with E-state index in [0.717, 1.165) is 38.5 Å². The first-order chi connectivity index (χ1) is 29.3. The third-order valence-electron chi connectivity index (χ3n) is 12.6. The molecule has 1 aliphatic rings. The van der Waals surface area contributed by atoms with Crippen LogP contribution in [-0.4, -0.2) is 87.5 Å². The van der Waals surface area contributed by atoms with E-state index in [1.54, 1.807) is 6.08 Å². The summed E-state index contributed by atoms with van der Waals surface area (Å²) in [6.07, 6.45) is 42.8. The second-order valence-corrected chi connectivity index (χ2v) is 18.3. The van der Waals surface area contributed by atoms with Crippen molar-refractivity contribution in [2.75, 3.05) is 13.2 Å². The molecule has 0 aromatic heterocycles. The molecule has 1 rings (SSSR count). The summed E-state index contributed by atoms with van der Waals surface area (Å²) < 4.78 is 11.2. The molecule has 0 aliphatic carbocycles. The number of hydrogen-bond donors (Lipinski definition) is 6. The predicted molar refractivity (Wildman–Crippen MR) is 249 cm³/mol. The average Bonchev–Trinajstić information content (AvgIpc) is 3.25. The molecular weight excluding hydrogens is 755 g/mol. The highest BCUT2D eigenvalue weighted by Crippen LogP contribution is 2.23. The number of allylic oxidation sites excluding steroid dienone is 1. The smallest absolute Gasteiger partial charge is 0.220 e. The van der Waals surface area contributed by atoms with Gasteiger partial charge in [-0.25, -0.2) is 0 Å². The molecule has 0 bridgehead atoms. The lowest BCUT2D eigenvalue weighted by molar-refractivity contribution is -0.302. The van der Waals surface area contributed by atoms with Gasteiger partial charge in [-0.2, -0.15) is 0 Å². The maximum Gasteiger partial charge on any atom is 0.220 e. The quantitative estimate of drug-likeness (QED) is 0.0262. The monoisotopic (exact) mass is 854 g/mol. The molecule has 1 saturated heterocycles. The van der Waals surface area contributed by atoms with Gasteiger partial charge in [0.1, 0.15) is 24.4 Å². The van der Waals surface area contributed by atoms with Crippen LogP contribution in [0.15, 0.2) is 12.2 Å². The van der Waals surface area contributed by atoms with Crippen molar-refractivity contribution in [1.29, 1.82) is 0 Å². The molecule has 1 fully saturated rings. The molecule has 356 valence electrons. The lowest BCUT2D eigenvalue weighted by Gasteiger charge is -2.40. The summed E-state index contributed by atoms with van der Waals surface area (Å²) in [5.41, 5.74) is 0. The molecule has 1 amide bonds. The fraction of sp³-hybridized carbons (Fsp3) is 0.941. The number of carbonyl (C=O) groups is 1. The Morgan fingerprint density at radius 2 is 0.917 bits per heavy atom. The van der Waals surface area contributed by atoms with Crippen molar-refractivity contribution in [3.05, 3.63) is 12.2 Å². The zero-order chi connectivity index (χ0) is 43.7. The van der Waals surface area contributed by atoms with Crippen LogP contribution in [-0.2, 0) is 14.3 Å². The lowest BCUT2D eigenvalue weighted by atomic mass is 9.99. The van der Waals surface area contributed by atoms with Crippen molar-refractivity contribution >= 4 is 5.91 Å². The highest BCUT2D eigenvalue weighted by atomic mass is 16.7. The Hall–Kier alpha value is -1.07. The Kier molecular flexibility index (Phi) is 39.8. The predicted octanol–water partition coefficient (Wildman–Crippen LogP) is 11.7. The van der Waals surface area contributed by atoms with Crippen LogP contribution >= 0.6 is 0 Å². The highest BCUT2D eigenvalue weighted by Gasteiger charge is 2.44. The van der Waals surface area contributed by atoms with E-state index < -0.39 is 49.5 Å². The molecule has 60 heavy (non-hydrogen) atoms. The lowest BCUT2D eigenvalue weighted by Crippen LogP contribution is -2.60. The minimum absolute atomic E-state index is 0.173. The first-order valence-corrected chi connectivity index (χ1v) is 25.9. The SMILES string of the molecule is CCCCCCCCCCC/C=C/[C@@H](O)[C@H](CO[C@@H]1O[C@H](CO)[C@H](O)C(O)C1O)NC(=O)CCCCCCCCCCCCCCCCCCCCCCCCCCCC. The molecule has 0 saturated carbocycles. The molecule has 0 aromatic rings. The first kappa shape index (κ1) is 56.9. The molecule has 0 radical (unpaired) electrons. The van der Waals surface area contributed by atoms with Crippen LogP contribution in [0.4, 0.5) is 0 Å². The third kappa shape index (κ3) is 31.7. The molecule has 9 heteroatoms. The minimum Gasteiger partial charge on any atom is -0.394 e. The molecule has 0 spiro atoms. The number of ether oxygens (including phenoxy) is 2. The van der Waals surface area contributed by atoms with E-state index in [9.17, 15) is 30.3 Å². The molecule has 1 heterocycles. The van der Waals surface area contributed by atoms with Crippen molar-refractivity contribution < 1.29 is 39.8 Å². The van der Waals surface area contributed by atoms with Gasteiger partial charge in [0.05, 0.1) is 25.4 Å². The van der Waals surface area contributed by atoms with Gasteiger partial charge in [-0.05, 0) is 19.3 Å².